The molecule has 13 heteroatoms. The Morgan fingerprint density at radius 3 is 2.41 bits per heavy atom. The summed E-state index contributed by atoms with van der Waals surface area (Å²) >= 11 is 0. The third-order valence-electron chi connectivity index (χ3n) is 6.57. The Bertz CT molecular complexity index is 1490. The van der Waals surface area contributed by atoms with Crippen LogP contribution in [0.5, 0.6) is 0 Å². The number of Topliss-reactive ketones (excluding diaryl/α,β-unsaturated/α-hetero) is 1. The van der Waals surface area contributed by atoms with Crippen LogP contribution in [0.3, 0.4) is 0 Å². The van der Waals surface area contributed by atoms with E-state index in [0.717, 1.165) is 22.8 Å². The number of alkyl halides is 3. The molecule has 1 saturated heterocycles. The number of nitrogens with zero attached hydrogens (tertiary/aromatic N) is 3. The van der Waals surface area contributed by atoms with Gasteiger partial charge in [-0.15, -0.1) is 0 Å². The van der Waals surface area contributed by atoms with Crippen LogP contribution in [-0.4, -0.2) is 60.9 Å². The number of aromatic nitrogens is 1. The number of amides is 3. The van der Waals surface area contributed by atoms with Gasteiger partial charge in [-0.3, -0.25) is 20.0 Å². The van der Waals surface area contributed by atoms with Crippen LogP contribution in [0.1, 0.15) is 32.7 Å². The molecule has 10 nitrogen and oxygen atoms in total. The first-order chi connectivity index (χ1) is 19.7. The van der Waals surface area contributed by atoms with E-state index >= 15 is 0 Å². The van der Waals surface area contributed by atoms with Crippen LogP contribution in [0.4, 0.5) is 23.7 Å². The minimum Gasteiger partial charge on any atom is -0.378 e. The average Bonchev–Trinajstić information content (AvgIpc) is 3.12. The summed E-state index contributed by atoms with van der Waals surface area (Å²) in [6.45, 7) is 1.04. The van der Waals surface area contributed by atoms with Crippen molar-refractivity contribution in [2.75, 3.05) is 31.2 Å². The largest absolute Gasteiger partial charge is 0.417 e. The second kappa shape index (κ2) is 11.8. The van der Waals surface area contributed by atoms with E-state index in [2.05, 4.69) is 26.1 Å². The topological polar surface area (TPSA) is 125 Å². The zero-order chi connectivity index (χ0) is 29.0. The predicted octanol–water partition coefficient (Wildman–Crippen LogP) is 2.87. The lowest BCUT2D eigenvalue weighted by molar-refractivity contribution is -0.137. The van der Waals surface area contributed by atoms with Gasteiger partial charge < -0.3 is 15.0 Å². The van der Waals surface area contributed by atoms with Gasteiger partial charge in [-0.1, -0.05) is 54.6 Å². The summed E-state index contributed by atoms with van der Waals surface area (Å²) in [6, 6.07) is 16.4. The van der Waals surface area contributed by atoms with Crippen LogP contribution in [0.2, 0.25) is 0 Å². The second-order valence-electron chi connectivity index (χ2n) is 9.29. The van der Waals surface area contributed by atoms with Gasteiger partial charge >= 0.3 is 12.2 Å². The minimum absolute atomic E-state index is 0.0195. The van der Waals surface area contributed by atoms with Gasteiger partial charge in [-0.05, 0) is 11.6 Å². The zero-order valence-electron chi connectivity index (χ0n) is 21.6. The van der Waals surface area contributed by atoms with Gasteiger partial charge in [0.05, 0.1) is 30.2 Å². The number of pyridine rings is 1. The number of benzene rings is 2. The molecule has 3 N–H and O–H groups in total. The van der Waals surface area contributed by atoms with Gasteiger partial charge in [0.1, 0.15) is 0 Å². The maximum absolute atomic E-state index is 13.3. The van der Waals surface area contributed by atoms with Crippen LogP contribution >= 0.6 is 0 Å². The first-order valence-corrected chi connectivity index (χ1v) is 12.7. The monoisotopic (exact) mass is 566 g/mol. The number of fused-ring (bicyclic) bond motifs is 1. The van der Waals surface area contributed by atoms with Crippen molar-refractivity contribution in [1.82, 2.24) is 21.2 Å². The highest BCUT2D eigenvalue weighted by Crippen LogP contribution is 2.32. The fourth-order valence-electron chi connectivity index (χ4n) is 4.56. The third-order valence-corrected chi connectivity index (χ3v) is 6.57. The van der Waals surface area contributed by atoms with E-state index in [0.29, 0.717) is 11.9 Å². The van der Waals surface area contributed by atoms with Crippen LogP contribution < -0.4 is 21.1 Å². The van der Waals surface area contributed by atoms with E-state index < -0.39 is 29.8 Å². The molecule has 0 saturated carbocycles. The van der Waals surface area contributed by atoms with E-state index in [1.807, 2.05) is 54.6 Å². The summed E-state index contributed by atoms with van der Waals surface area (Å²) in [5.74, 6) is -1.31. The number of ether oxygens (including phenoxy) is 1. The molecule has 212 valence electrons. The molecule has 3 heterocycles. The fourth-order valence-corrected chi connectivity index (χ4v) is 4.56. The minimum atomic E-state index is -4.66. The number of morpholine rings is 1. The highest BCUT2D eigenvalue weighted by atomic mass is 19.4. The first kappa shape index (κ1) is 27.8. The van der Waals surface area contributed by atoms with Gasteiger partial charge in [0.2, 0.25) is 0 Å². The lowest BCUT2D eigenvalue weighted by atomic mass is 9.96. The van der Waals surface area contributed by atoms with Gasteiger partial charge in [-0.25, -0.2) is 15.2 Å². The maximum Gasteiger partial charge on any atom is 0.417 e. The summed E-state index contributed by atoms with van der Waals surface area (Å²) in [5, 5.41) is 2.46. The molecule has 0 radical (unpaired) electrons. The number of aliphatic imine (C=N–C) groups is 1. The van der Waals surface area contributed by atoms with Crippen LogP contribution in [0.15, 0.2) is 71.9 Å². The van der Waals surface area contributed by atoms with E-state index in [9.17, 15) is 27.6 Å². The Hall–Kier alpha value is -4.78. The number of hydrogen-bond acceptors (Lipinski definition) is 7. The highest BCUT2D eigenvalue weighted by molar-refractivity contribution is 6.16. The summed E-state index contributed by atoms with van der Waals surface area (Å²) in [7, 11) is 0. The Balaban J connectivity index is 1.32. The number of halogens is 3. The number of anilines is 1. The van der Waals surface area contributed by atoms with Crippen LogP contribution in [0.25, 0.3) is 0 Å². The summed E-state index contributed by atoms with van der Waals surface area (Å²) in [6.07, 6.45) is -5.35. The number of ketones is 1. The van der Waals surface area contributed by atoms with Crippen molar-refractivity contribution in [3.8, 4) is 0 Å². The van der Waals surface area contributed by atoms with Crippen LogP contribution in [-0.2, 0) is 22.1 Å². The number of hydrazine groups is 1. The molecule has 0 bridgehead atoms. The molecule has 1 aromatic heterocycles. The first-order valence-electron chi connectivity index (χ1n) is 12.7. The van der Waals surface area contributed by atoms with E-state index in [4.69, 9.17) is 4.74 Å². The van der Waals surface area contributed by atoms with Crippen molar-refractivity contribution >= 4 is 29.1 Å². The summed E-state index contributed by atoms with van der Waals surface area (Å²) in [5.41, 5.74) is 5.70. The normalized spacial score (nSPS) is 17.1. The standard InChI is InChI=1S/C28H25F3N6O4/c29-28(30,31)19-15-21(37-10-12-41-13-11-37)24(32-16-19)26(39)35-36-27(40)34-25-22(38)14-18-8-4-5-9-20(18)23(33-25)17-6-2-1-3-7-17/h1-9,15-16,25H,10-14H2,(H,35,39)(H2,34,36,40)/t25-/m1/s1. The Kier molecular flexibility index (Phi) is 7.97. The summed E-state index contributed by atoms with van der Waals surface area (Å²) in [4.78, 5) is 48.5. The zero-order valence-corrected chi connectivity index (χ0v) is 21.6. The number of nitrogens with one attached hydrogen (secondary N) is 3. The molecule has 1 fully saturated rings. The molecule has 3 aromatic rings. The Labute approximate surface area is 232 Å². The number of rotatable bonds is 4. The lowest BCUT2D eigenvalue weighted by Crippen LogP contribution is -2.52. The van der Waals surface area contributed by atoms with Crippen molar-refractivity contribution in [1.29, 1.82) is 0 Å². The van der Waals surface area contributed by atoms with E-state index in [-0.39, 0.29) is 49.9 Å². The number of hydrogen-bond donors (Lipinski definition) is 3. The lowest BCUT2D eigenvalue weighted by Gasteiger charge is -2.30. The molecule has 2 aliphatic rings. The van der Waals surface area contributed by atoms with Gasteiger partial charge in [0, 0.05) is 36.8 Å². The van der Waals surface area contributed by atoms with Crippen LogP contribution in [0, 0.1) is 0 Å². The quantitative estimate of drug-likeness (QED) is 0.418. The molecule has 0 aliphatic carbocycles. The highest BCUT2D eigenvalue weighted by Gasteiger charge is 2.34. The van der Waals surface area contributed by atoms with Crippen molar-refractivity contribution in [3.05, 3.63) is 94.8 Å². The van der Waals surface area contributed by atoms with Gasteiger partial charge in [0.15, 0.2) is 17.6 Å². The molecule has 3 amide bonds. The predicted molar refractivity (Wildman–Crippen MR) is 142 cm³/mol. The van der Waals surface area contributed by atoms with Crippen molar-refractivity contribution in [3.63, 3.8) is 0 Å². The molecule has 2 aromatic carbocycles. The smallest absolute Gasteiger partial charge is 0.378 e. The third kappa shape index (κ3) is 6.35. The van der Waals surface area contributed by atoms with Crippen molar-refractivity contribution in [2.24, 2.45) is 4.99 Å². The molecule has 5 rings (SSSR count). The molecule has 41 heavy (non-hydrogen) atoms. The van der Waals surface area contributed by atoms with Crippen molar-refractivity contribution < 1.29 is 32.3 Å². The average molecular weight is 567 g/mol. The van der Waals surface area contributed by atoms with Gasteiger partial charge in [0.25, 0.3) is 5.91 Å². The SMILES string of the molecule is O=C(NNC(=O)c1ncc(C(F)(F)F)cc1N1CCOCC1)N[C@H]1N=C(c2ccccc2)c2ccccc2CC1=O. The molecular formula is C28H25F3N6O4. The van der Waals surface area contributed by atoms with E-state index in [1.54, 1.807) is 4.90 Å². The summed E-state index contributed by atoms with van der Waals surface area (Å²) < 4.78 is 45.3. The Morgan fingerprint density at radius 1 is 0.976 bits per heavy atom. The molecule has 0 unspecified atom stereocenters. The molecular weight excluding hydrogens is 541 g/mol. The van der Waals surface area contributed by atoms with Gasteiger partial charge in [-0.2, -0.15) is 13.2 Å². The number of carbonyl (C=O) groups is 3. The van der Waals surface area contributed by atoms with Crippen molar-refractivity contribution in [2.45, 2.75) is 18.8 Å². The number of urea groups is 1. The van der Waals surface area contributed by atoms with E-state index in [1.165, 1.54) is 0 Å². The molecule has 1 atom stereocenters. The Morgan fingerprint density at radius 2 is 1.68 bits per heavy atom. The molecule has 0 spiro atoms. The maximum atomic E-state index is 13.3. The number of carbonyl (C=O) groups excluding carboxylic acids is 3. The molecule has 2 aliphatic heterocycles. The fraction of sp³-hybridized carbons (Fsp3) is 0.250. The second-order valence-corrected chi connectivity index (χ2v) is 9.29.